The minimum Gasteiger partial charge on any atom is -0.352 e. The maximum atomic E-state index is 12.9. The van der Waals surface area contributed by atoms with Gasteiger partial charge in [-0.1, -0.05) is 60.7 Å². The van der Waals surface area contributed by atoms with Crippen LogP contribution in [-0.4, -0.2) is 46.1 Å². The number of nitrogens with zero attached hydrogens (tertiary/aromatic N) is 3. The molecule has 0 radical (unpaired) electrons. The first kappa shape index (κ1) is 19.9. The van der Waals surface area contributed by atoms with Crippen molar-refractivity contribution in [2.45, 2.75) is 25.8 Å². The average Bonchev–Trinajstić information content (AvgIpc) is 3.38. The summed E-state index contributed by atoms with van der Waals surface area (Å²) >= 11 is 0. The van der Waals surface area contributed by atoms with Crippen LogP contribution in [0.1, 0.15) is 35.2 Å². The van der Waals surface area contributed by atoms with Crippen molar-refractivity contribution in [1.82, 2.24) is 20.0 Å². The van der Waals surface area contributed by atoms with E-state index >= 15 is 0 Å². The van der Waals surface area contributed by atoms with Crippen LogP contribution in [0.4, 0.5) is 0 Å². The molecule has 6 nitrogen and oxygen atoms in total. The molecular weight excluding hydrogens is 376 g/mol. The summed E-state index contributed by atoms with van der Waals surface area (Å²) in [7, 11) is 0. The highest BCUT2D eigenvalue weighted by Gasteiger charge is 2.20. The van der Waals surface area contributed by atoms with E-state index in [1.165, 1.54) is 0 Å². The first-order valence-electron chi connectivity index (χ1n) is 10.4. The van der Waals surface area contributed by atoms with Gasteiger partial charge in [0.1, 0.15) is 5.69 Å². The van der Waals surface area contributed by atoms with Crippen molar-refractivity contribution in [3.8, 4) is 11.3 Å². The summed E-state index contributed by atoms with van der Waals surface area (Å²) in [5.41, 5.74) is 3.28. The molecular formula is C24H26N4O2. The van der Waals surface area contributed by atoms with Gasteiger partial charge in [0.15, 0.2) is 0 Å². The predicted molar refractivity (Wildman–Crippen MR) is 116 cm³/mol. The lowest BCUT2D eigenvalue weighted by Crippen LogP contribution is -2.30. The molecule has 0 atom stereocenters. The second-order valence-corrected chi connectivity index (χ2v) is 7.53. The summed E-state index contributed by atoms with van der Waals surface area (Å²) in [5, 5.41) is 7.70. The fourth-order valence-corrected chi connectivity index (χ4v) is 3.76. The summed E-state index contributed by atoms with van der Waals surface area (Å²) < 4.78 is 1.81. The average molecular weight is 402 g/mol. The van der Waals surface area contributed by atoms with Gasteiger partial charge in [-0.3, -0.25) is 14.3 Å². The van der Waals surface area contributed by atoms with Gasteiger partial charge in [0, 0.05) is 37.8 Å². The van der Waals surface area contributed by atoms with E-state index in [9.17, 15) is 9.59 Å². The zero-order chi connectivity index (χ0) is 20.8. The van der Waals surface area contributed by atoms with Crippen LogP contribution in [0.3, 0.4) is 0 Å². The molecule has 4 rings (SSSR count). The molecule has 3 aromatic rings. The quantitative estimate of drug-likeness (QED) is 0.588. The number of carbonyl (C=O) groups excluding carboxylic acids is 2. The van der Waals surface area contributed by atoms with Crippen LogP contribution in [0, 0.1) is 0 Å². The number of aromatic nitrogens is 2. The van der Waals surface area contributed by atoms with Gasteiger partial charge in [0.05, 0.1) is 12.1 Å². The van der Waals surface area contributed by atoms with Crippen molar-refractivity contribution in [1.29, 1.82) is 0 Å². The Morgan fingerprint density at radius 1 is 1.03 bits per heavy atom. The Labute approximate surface area is 176 Å². The zero-order valence-electron chi connectivity index (χ0n) is 17.0. The molecule has 2 aromatic carbocycles. The fourth-order valence-electron chi connectivity index (χ4n) is 3.76. The molecule has 0 aliphatic carbocycles. The third-order valence-electron chi connectivity index (χ3n) is 5.30. The van der Waals surface area contributed by atoms with Crippen molar-refractivity contribution in [2.24, 2.45) is 0 Å². The van der Waals surface area contributed by atoms with Crippen LogP contribution in [0.25, 0.3) is 11.3 Å². The lowest BCUT2D eigenvalue weighted by atomic mass is 10.1. The molecule has 0 bridgehead atoms. The number of amides is 2. The maximum absolute atomic E-state index is 12.9. The van der Waals surface area contributed by atoms with Crippen LogP contribution >= 0.6 is 0 Å². The van der Waals surface area contributed by atoms with Crippen LogP contribution in [0.15, 0.2) is 66.9 Å². The second-order valence-electron chi connectivity index (χ2n) is 7.53. The lowest BCUT2D eigenvalue weighted by Gasteiger charge is -2.15. The van der Waals surface area contributed by atoms with E-state index in [4.69, 9.17) is 5.10 Å². The van der Waals surface area contributed by atoms with Crippen LogP contribution in [0.2, 0.25) is 0 Å². The molecule has 154 valence electrons. The Morgan fingerprint density at radius 3 is 2.47 bits per heavy atom. The van der Waals surface area contributed by atoms with Gasteiger partial charge in [-0.05, 0) is 18.4 Å². The molecule has 1 aromatic heterocycles. The summed E-state index contributed by atoms with van der Waals surface area (Å²) in [5.74, 6) is 0.0794. The van der Waals surface area contributed by atoms with E-state index < -0.39 is 0 Å². The molecule has 1 saturated heterocycles. The molecule has 30 heavy (non-hydrogen) atoms. The summed E-state index contributed by atoms with van der Waals surface area (Å²) in [6.45, 7) is 2.65. The summed E-state index contributed by atoms with van der Waals surface area (Å²) in [6, 6.07) is 19.8. The Morgan fingerprint density at radius 2 is 1.77 bits per heavy atom. The third kappa shape index (κ3) is 4.76. The molecule has 1 aliphatic heterocycles. The van der Waals surface area contributed by atoms with Crippen LogP contribution in [-0.2, 0) is 11.3 Å². The Bertz CT molecular complexity index is 999. The van der Waals surface area contributed by atoms with Crippen molar-refractivity contribution in [3.05, 3.63) is 78.0 Å². The number of likely N-dealkylation sites (tertiary alicyclic amines) is 1. The molecule has 0 saturated carbocycles. The van der Waals surface area contributed by atoms with Crippen molar-refractivity contribution < 1.29 is 9.59 Å². The summed E-state index contributed by atoms with van der Waals surface area (Å²) in [4.78, 5) is 26.5. The number of hydrogen-bond donors (Lipinski definition) is 1. The van der Waals surface area contributed by atoms with Gasteiger partial charge in [-0.15, -0.1) is 0 Å². The maximum Gasteiger partial charge on any atom is 0.255 e. The van der Waals surface area contributed by atoms with Crippen molar-refractivity contribution in [2.75, 3.05) is 19.6 Å². The highest BCUT2D eigenvalue weighted by Crippen LogP contribution is 2.22. The number of hydrogen-bond acceptors (Lipinski definition) is 3. The van der Waals surface area contributed by atoms with Crippen molar-refractivity contribution in [3.63, 3.8) is 0 Å². The zero-order valence-corrected chi connectivity index (χ0v) is 17.0. The van der Waals surface area contributed by atoms with Crippen LogP contribution in [0.5, 0.6) is 0 Å². The number of rotatable bonds is 8. The molecule has 1 N–H and O–H groups in total. The van der Waals surface area contributed by atoms with Gasteiger partial charge in [0.25, 0.3) is 5.91 Å². The van der Waals surface area contributed by atoms with Gasteiger partial charge < -0.3 is 10.2 Å². The van der Waals surface area contributed by atoms with E-state index in [1.54, 1.807) is 0 Å². The molecule has 0 unspecified atom stereocenters. The van der Waals surface area contributed by atoms with Gasteiger partial charge in [-0.25, -0.2) is 0 Å². The minimum absolute atomic E-state index is 0.138. The van der Waals surface area contributed by atoms with Gasteiger partial charge in [-0.2, -0.15) is 5.10 Å². The molecule has 2 heterocycles. The van der Waals surface area contributed by atoms with E-state index in [-0.39, 0.29) is 11.8 Å². The Kier molecular flexibility index (Phi) is 6.23. The highest BCUT2D eigenvalue weighted by molar-refractivity contribution is 5.99. The molecule has 1 fully saturated rings. The first-order valence-corrected chi connectivity index (χ1v) is 10.4. The first-order chi connectivity index (χ1) is 14.7. The fraction of sp³-hybridized carbons (Fsp3) is 0.292. The largest absolute Gasteiger partial charge is 0.352 e. The topological polar surface area (TPSA) is 67.2 Å². The molecule has 0 spiro atoms. The standard InChI is InChI=1S/C24H26N4O2/c29-22-13-7-15-27(22)16-8-14-25-24(30)21-18-28(17-19-9-3-1-4-10-19)26-23(21)20-11-5-2-6-12-20/h1-6,9-12,18H,7-8,13-17H2,(H,25,30). The highest BCUT2D eigenvalue weighted by atomic mass is 16.2. The minimum atomic E-state index is -0.138. The lowest BCUT2D eigenvalue weighted by molar-refractivity contribution is -0.127. The molecule has 2 amide bonds. The number of carbonyl (C=O) groups is 2. The van der Waals surface area contributed by atoms with E-state index in [1.807, 2.05) is 76.4 Å². The van der Waals surface area contributed by atoms with Gasteiger partial charge in [0.2, 0.25) is 5.91 Å². The number of benzene rings is 2. The second kappa shape index (κ2) is 9.39. The Balaban J connectivity index is 1.46. The van der Waals surface area contributed by atoms with E-state index in [0.717, 1.165) is 30.5 Å². The normalized spacial score (nSPS) is 13.6. The van der Waals surface area contributed by atoms with Crippen molar-refractivity contribution >= 4 is 11.8 Å². The van der Waals surface area contributed by atoms with Crippen LogP contribution < -0.4 is 5.32 Å². The Hall–Kier alpha value is -3.41. The monoisotopic (exact) mass is 402 g/mol. The molecule has 6 heteroatoms. The van der Waals surface area contributed by atoms with E-state index in [2.05, 4.69) is 5.32 Å². The van der Waals surface area contributed by atoms with Gasteiger partial charge >= 0.3 is 0 Å². The SMILES string of the molecule is O=C(NCCCN1CCCC1=O)c1cn(Cc2ccccc2)nc1-c1ccccc1. The van der Waals surface area contributed by atoms with E-state index in [0.29, 0.717) is 37.3 Å². The molecule has 1 aliphatic rings. The third-order valence-corrected chi connectivity index (χ3v) is 5.30. The summed E-state index contributed by atoms with van der Waals surface area (Å²) in [6.07, 6.45) is 4.14. The smallest absolute Gasteiger partial charge is 0.255 e. The predicted octanol–water partition coefficient (Wildman–Crippen LogP) is 3.34. The number of nitrogens with one attached hydrogen (secondary N) is 1.